The van der Waals surface area contributed by atoms with E-state index in [1.807, 2.05) is 18.3 Å². The average Bonchev–Trinajstić information content (AvgIpc) is 2.51. The maximum absolute atomic E-state index is 9.49. The standard InChI is InChI=1S/C10H12N2O.CH3.Mn/c11-5-4-7-6-12-10-8(7)2-1-3-9(10)13;;/h1-3,6,12-13H,4-5,11H2;1H3;/q;-1;. The molecule has 2 rings (SSSR count). The molecule has 1 aromatic heterocycles. The van der Waals surface area contributed by atoms with E-state index in [9.17, 15) is 5.11 Å². The minimum atomic E-state index is 0. The number of benzene rings is 1. The van der Waals surface area contributed by atoms with Crippen LogP contribution in [0.1, 0.15) is 5.56 Å². The van der Waals surface area contributed by atoms with Crippen molar-refractivity contribution in [3.8, 4) is 5.75 Å². The van der Waals surface area contributed by atoms with E-state index in [0.717, 1.165) is 22.9 Å². The smallest absolute Gasteiger partial charge is 0.139 e. The zero-order valence-corrected chi connectivity index (χ0v) is 9.81. The van der Waals surface area contributed by atoms with E-state index in [0.29, 0.717) is 12.3 Å². The predicted octanol–water partition coefficient (Wildman–Crippen LogP) is 1.82. The maximum atomic E-state index is 9.49. The predicted molar refractivity (Wildman–Crippen MR) is 59.1 cm³/mol. The summed E-state index contributed by atoms with van der Waals surface area (Å²) in [5, 5.41) is 10.6. The molecular formula is C11H15MnN2O-. The van der Waals surface area contributed by atoms with Gasteiger partial charge in [0.1, 0.15) is 5.75 Å². The monoisotopic (exact) mass is 246 g/mol. The van der Waals surface area contributed by atoms with Gasteiger partial charge in [-0.25, -0.2) is 0 Å². The van der Waals surface area contributed by atoms with Crippen LogP contribution in [0.5, 0.6) is 5.75 Å². The molecule has 0 amide bonds. The number of H-pyrrole nitrogens is 1. The van der Waals surface area contributed by atoms with Crippen LogP contribution < -0.4 is 5.73 Å². The molecule has 1 radical (unpaired) electrons. The van der Waals surface area contributed by atoms with E-state index in [1.54, 1.807) is 6.07 Å². The molecule has 0 unspecified atom stereocenters. The van der Waals surface area contributed by atoms with Crippen LogP contribution in [0.2, 0.25) is 0 Å². The Labute approximate surface area is 100 Å². The van der Waals surface area contributed by atoms with Crippen LogP contribution in [0.4, 0.5) is 0 Å². The van der Waals surface area contributed by atoms with E-state index in [-0.39, 0.29) is 24.5 Å². The van der Waals surface area contributed by atoms with Crippen molar-refractivity contribution in [1.82, 2.24) is 4.98 Å². The van der Waals surface area contributed by atoms with Gasteiger partial charge in [-0.15, -0.1) is 0 Å². The largest absolute Gasteiger partial charge is 0.506 e. The van der Waals surface area contributed by atoms with Gasteiger partial charge in [0.25, 0.3) is 0 Å². The zero-order chi connectivity index (χ0) is 9.26. The zero-order valence-electron chi connectivity index (χ0n) is 8.63. The first-order valence-corrected chi connectivity index (χ1v) is 4.31. The topological polar surface area (TPSA) is 62.0 Å². The fraction of sp³-hybridized carbons (Fsp3) is 0.182. The summed E-state index contributed by atoms with van der Waals surface area (Å²) in [4.78, 5) is 3.04. The second kappa shape index (κ2) is 5.81. The minimum Gasteiger partial charge on any atom is -0.506 e. The van der Waals surface area contributed by atoms with Crippen LogP contribution in [0.15, 0.2) is 24.4 Å². The van der Waals surface area contributed by atoms with Gasteiger partial charge in [0.15, 0.2) is 0 Å². The van der Waals surface area contributed by atoms with Crippen molar-refractivity contribution in [1.29, 1.82) is 0 Å². The Morgan fingerprint density at radius 1 is 1.33 bits per heavy atom. The SMILES string of the molecule is NCCc1c[nH]c2c(O)cccc12.[CH3-].[Mn]. The van der Waals surface area contributed by atoms with E-state index >= 15 is 0 Å². The first-order chi connectivity index (χ1) is 6.33. The molecule has 0 aliphatic carbocycles. The molecule has 0 bridgehead atoms. The molecule has 4 heteroatoms. The van der Waals surface area contributed by atoms with Gasteiger partial charge < -0.3 is 23.3 Å². The summed E-state index contributed by atoms with van der Waals surface area (Å²) in [6.07, 6.45) is 2.74. The van der Waals surface area contributed by atoms with Crippen LogP contribution in [-0.4, -0.2) is 16.6 Å². The number of rotatable bonds is 2. The summed E-state index contributed by atoms with van der Waals surface area (Å²) in [5.41, 5.74) is 7.43. The Morgan fingerprint density at radius 2 is 2.07 bits per heavy atom. The molecule has 83 valence electrons. The third-order valence-corrected chi connectivity index (χ3v) is 2.19. The summed E-state index contributed by atoms with van der Waals surface area (Å²) in [6.45, 7) is 0.628. The molecule has 0 spiro atoms. The van der Waals surface area contributed by atoms with Gasteiger partial charge >= 0.3 is 0 Å². The minimum absolute atomic E-state index is 0. The Balaban J connectivity index is 0.000000980. The fourth-order valence-corrected chi connectivity index (χ4v) is 1.56. The number of fused-ring (bicyclic) bond motifs is 1. The van der Waals surface area contributed by atoms with E-state index in [1.165, 1.54) is 0 Å². The Kier molecular flexibility index (Phi) is 5.44. The fourth-order valence-electron chi connectivity index (χ4n) is 1.56. The maximum Gasteiger partial charge on any atom is 0.139 e. The Bertz CT molecular complexity index is 425. The molecule has 3 nitrogen and oxygen atoms in total. The van der Waals surface area contributed by atoms with E-state index in [4.69, 9.17) is 5.73 Å². The number of para-hydroxylation sites is 1. The van der Waals surface area contributed by atoms with Crippen LogP contribution in [0, 0.1) is 7.43 Å². The summed E-state index contributed by atoms with van der Waals surface area (Å²) >= 11 is 0. The summed E-state index contributed by atoms with van der Waals surface area (Å²) in [6, 6.07) is 5.49. The number of nitrogens with two attached hydrogens (primary N) is 1. The molecule has 15 heavy (non-hydrogen) atoms. The van der Waals surface area contributed by atoms with Gasteiger partial charge in [0, 0.05) is 28.7 Å². The van der Waals surface area contributed by atoms with Crippen LogP contribution in [0.25, 0.3) is 10.9 Å². The van der Waals surface area contributed by atoms with Crippen molar-refractivity contribution in [3.05, 3.63) is 37.4 Å². The third kappa shape index (κ3) is 2.53. The number of aromatic nitrogens is 1. The molecule has 2 aromatic rings. The van der Waals surface area contributed by atoms with Gasteiger partial charge in [-0.3, -0.25) is 0 Å². The summed E-state index contributed by atoms with van der Waals surface area (Å²) < 4.78 is 0. The van der Waals surface area contributed by atoms with Gasteiger partial charge in [-0.05, 0) is 24.6 Å². The van der Waals surface area contributed by atoms with Crippen LogP contribution in [-0.2, 0) is 23.5 Å². The van der Waals surface area contributed by atoms with Gasteiger partial charge in [0.2, 0.25) is 0 Å². The van der Waals surface area contributed by atoms with Crippen molar-refractivity contribution in [2.75, 3.05) is 6.54 Å². The number of phenolic OH excluding ortho intramolecular Hbond substituents is 1. The van der Waals surface area contributed by atoms with E-state index < -0.39 is 0 Å². The molecule has 0 saturated heterocycles. The Morgan fingerprint density at radius 3 is 2.73 bits per heavy atom. The van der Waals surface area contributed by atoms with Crippen LogP contribution in [0.3, 0.4) is 0 Å². The van der Waals surface area contributed by atoms with Crippen molar-refractivity contribution in [3.63, 3.8) is 0 Å². The van der Waals surface area contributed by atoms with Gasteiger partial charge in [0.05, 0.1) is 5.52 Å². The van der Waals surface area contributed by atoms with Crippen LogP contribution >= 0.6 is 0 Å². The van der Waals surface area contributed by atoms with Crippen molar-refractivity contribution >= 4 is 10.9 Å². The molecule has 0 aliphatic heterocycles. The summed E-state index contributed by atoms with van der Waals surface area (Å²) in [7, 11) is 0. The molecule has 0 atom stereocenters. The van der Waals surface area contributed by atoms with Crippen molar-refractivity contribution < 1.29 is 22.2 Å². The number of hydrogen-bond donors (Lipinski definition) is 3. The number of aromatic amines is 1. The van der Waals surface area contributed by atoms with E-state index in [2.05, 4.69) is 4.98 Å². The number of phenols is 1. The number of nitrogens with one attached hydrogen (secondary N) is 1. The average molecular weight is 246 g/mol. The Hall–Kier alpha value is -0.961. The van der Waals surface area contributed by atoms with Crippen molar-refractivity contribution in [2.45, 2.75) is 6.42 Å². The normalized spacial score (nSPS) is 9.40. The molecule has 0 aliphatic rings. The number of aromatic hydroxyl groups is 1. The molecule has 1 aromatic carbocycles. The summed E-state index contributed by atoms with van der Waals surface area (Å²) in [5.74, 6) is 0.292. The molecule has 4 N–H and O–H groups in total. The molecule has 1 heterocycles. The molecule has 0 fully saturated rings. The first-order valence-electron chi connectivity index (χ1n) is 4.31. The second-order valence-corrected chi connectivity index (χ2v) is 3.05. The number of hydrogen-bond acceptors (Lipinski definition) is 2. The van der Waals surface area contributed by atoms with Gasteiger partial charge in [-0.1, -0.05) is 12.1 Å². The van der Waals surface area contributed by atoms with Crippen molar-refractivity contribution in [2.24, 2.45) is 5.73 Å². The molecule has 0 saturated carbocycles. The molecular weight excluding hydrogens is 231 g/mol. The third-order valence-electron chi connectivity index (χ3n) is 2.19. The first kappa shape index (κ1) is 14.0. The van der Waals surface area contributed by atoms with Gasteiger partial charge in [-0.2, -0.15) is 0 Å². The quantitative estimate of drug-likeness (QED) is 0.559. The second-order valence-electron chi connectivity index (χ2n) is 3.05.